The SMILES string of the molecule is C[C@@H]1CN(C(=O)OCc2ccccc2)[C@@H](C(=O)N2CCC2)CN1C(=O)O. The average Bonchev–Trinajstić information content (AvgIpc) is 2.58. The van der Waals surface area contributed by atoms with Crippen LogP contribution in [0.25, 0.3) is 0 Å². The zero-order chi connectivity index (χ0) is 18.7. The molecule has 140 valence electrons. The standard InChI is InChI=1S/C18H23N3O5/c1-13-10-21(18(25)26-12-14-6-3-2-4-7-14)15(11-20(13)17(23)24)16(22)19-8-5-9-19/h2-4,6-7,13,15H,5,8-12H2,1H3,(H,23,24)/t13-,15-/m1/s1. The van der Waals surface area contributed by atoms with E-state index in [1.807, 2.05) is 30.3 Å². The number of carboxylic acid groups (broad SMARTS) is 1. The number of piperazine rings is 1. The third-order valence-electron chi connectivity index (χ3n) is 4.88. The van der Waals surface area contributed by atoms with E-state index >= 15 is 0 Å². The summed E-state index contributed by atoms with van der Waals surface area (Å²) in [5, 5.41) is 9.36. The molecular weight excluding hydrogens is 338 g/mol. The van der Waals surface area contributed by atoms with E-state index in [-0.39, 0.29) is 25.6 Å². The van der Waals surface area contributed by atoms with E-state index < -0.39 is 24.3 Å². The molecular formula is C18H23N3O5. The quantitative estimate of drug-likeness (QED) is 0.883. The lowest BCUT2D eigenvalue weighted by Crippen LogP contribution is -2.65. The van der Waals surface area contributed by atoms with Crippen LogP contribution in [0.3, 0.4) is 0 Å². The van der Waals surface area contributed by atoms with Gasteiger partial charge in [0.25, 0.3) is 0 Å². The first kappa shape index (κ1) is 18.0. The molecule has 2 fully saturated rings. The normalized spacial score (nSPS) is 22.6. The maximum atomic E-state index is 12.7. The van der Waals surface area contributed by atoms with Crippen LogP contribution >= 0.6 is 0 Å². The molecule has 0 aliphatic carbocycles. The molecule has 3 rings (SSSR count). The van der Waals surface area contributed by atoms with Crippen LogP contribution in [0.2, 0.25) is 0 Å². The van der Waals surface area contributed by atoms with Gasteiger partial charge < -0.3 is 19.6 Å². The van der Waals surface area contributed by atoms with Crippen molar-refractivity contribution in [1.29, 1.82) is 0 Å². The number of carbonyl (C=O) groups is 3. The highest BCUT2D eigenvalue weighted by molar-refractivity contribution is 5.87. The van der Waals surface area contributed by atoms with E-state index in [0.29, 0.717) is 13.1 Å². The van der Waals surface area contributed by atoms with Gasteiger partial charge in [-0.15, -0.1) is 0 Å². The zero-order valence-corrected chi connectivity index (χ0v) is 14.7. The number of carbonyl (C=O) groups excluding carboxylic acids is 2. The van der Waals surface area contributed by atoms with Gasteiger partial charge in [-0.05, 0) is 18.9 Å². The molecule has 2 aliphatic heterocycles. The monoisotopic (exact) mass is 361 g/mol. The van der Waals surface area contributed by atoms with Gasteiger partial charge in [0.05, 0.1) is 12.6 Å². The number of ether oxygens (including phenoxy) is 1. The Labute approximate surface area is 151 Å². The van der Waals surface area contributed by atoms with Crippen molar-refractivity contribution >= 4 is 18.1 Å². The Balaban J connectivity index is 1.71. The summed E-state index contributed by atoms with van der Waals surface area (Å²) in [6.45, 7) is 3.21. The summed E-state index contributed by atoms with van der Waals surface area (Å²) in [6, 6.07) is 8.03. The maximum absolute atomic E-state index is 12.7. The smallest absolute Gasteiger partial charge is 0.410 e. The minimum absolute atomic E-state index is 0.0354. The molecule has 0 aromatic heterocycles. The minimum Gasteiger partial charge on any atom is -0.465 e. The van der Waals surface area contributed by atoms with E-state index in [2.05, 4.69) is 0 Å². The first-order valence-electron chi connectivity index (χ1n) is 8.73. The zero-order valence-electron chi connectivity index (χ0n) is 14.7. The molecule has 0 bridgehead atoms. The molecule has 2 aliphatic rings. The molecule has 1 aromatic rings. The van der Waals surface area contributed by atoms with Crippen LogP contribution in [-0.4, -0.2) is 76.2 Å². The first-order valence-corrected chi connectivity index (χ1v) is 8.73. The lowest BCUT2D eigenvalue weighted by atomic mass is 10.1. The Morgan fingerprint density at radius 3 is 2.38 bits per heavy atom. The average molecular weight is 361 g/mol. The van der Waals surface area contributed by atoms with Crippen LogP contribution in [0.15, 0.2) is 30.3 Å². The molecule has 26 heavy (non-hydrogen) atoms. The molecule has 2 atom stereocenters. The Kier molecular flexibility index (Phi) is 5.29. The van der Waals surface area contributed by atoms with Crippen molar-refractivity contribution < 1.29 is 24.2 Å². The molecule has 2 heterocycles. The topological polar surface area (TPSA) is 90.4 Å². The van der Waals surface area contributed by atoms with Gasteiger partial charge in [0, 0.05) is 19.6 Å². The molecule has 0 saturated carbocycles. The summed E-state index contributed by atoms with van der Waals surface area (Å²) >= 11 is 0. The Morgan fingerprint density at radius 2 is 1.81 bits per heavy atom. The number of amides is 3. The minimum atomic E-state index is -1.09. The van der Waals surface area contributed by atoms with Gasteiger partial charge in [-0.3, -0.25) is 9.69 Å². The third-order valence-corrected chi connectivity index (χ3v) is 4.88. The lowest BCUT2D eigenvalue weighted by Gasteiger charge is -2.45. The largest absolute Gasteiger partial charge is 0.465 e. The fraction of sp³-hybridized carbons (Fsp3) is 0.500. The van der Waals surface area contributed by atoms with Gasteiger partial charge >= 0.3 is 12.2 Å². The van der Waals surface area contributed by atoms with Crippen LogP contribution in [0, 0.1) is 0 Å². The predicted octanol–water partition coefficient (Wildman–Crippen LogP) is 1.61. The predicted molar refractivity (Wildman–Crippen MR) is 92.5 cm³/mol. The van der Waals surface area contributed by atoms with Crippen molar-refractivity contribution in [2.24, 2.45) is 0 Å². The van der Waals surface area contributed by atoms with Crippen molar-refractivity contribution in [2.45, 2.75) is 32.0 Å². The van der Waals surface area contributed by atoms with Crippen molar-refractivity contribution in [3.05, 3.63) is 35.9 Å². The van der Waals surface area contributed by atoms with E-state index in [9.17, 15) is 19.5 Å². The van der Waals surface area contributed by atoms with Crippen molar-refractivity contribution in [3.8, 4) is 0 Å². The van der Waals surface area contributed by atoms with Gasteiger partial charge in [-0.1, -0.05) is 30.3 Å². The second kappa shape index (κ2) is 7.63. The second-order valence-electron chi connectivity index (χ2n) is 6.67. The fourth-order valence-corrected chi connectivity index (χ4v) is 3.20. The fourth-order valence-electron chi connectivity index (χ4n) is 3.20. The molecule has 8 nitrogen and oxygen atoms in total. The lowest BCUT2D eigenvalue weighted by molar-refractivity contribution is -0.142. The number of benzene rings is 1. The highest BCUT2D eigenvalue weighted by Crippen LogP contribution is 2.21. The summed E-state index contributed by atoms with van der Waals surface area (Å²) in [7, 11) is 0. The molecule has 3 amide bonds. The molecule has 0 unspecified atom stereocenters. The molecule has 1 aromatic carbocycles. The Morgan fingerprint density at radius 1 is 1.12 bits per heavy atom. The van der Waals surface area contributed by atoms with Crippen LogP contribution in [0.1, 0.15) is 18.9 Å². The number of hydrogen-bond acceptors (Lipinski definition) is 4. The second-order valence-corrected chi connectivity index (χ2v) is 6.67. The van der Waals surface area contributed by atoms with E-state index in [1.165, 1.54) is 9.80 Å². The summed E-state index contributed by atoms with van der Waals surface area (Å²) < 4.78 is 5.37. The maximum Gasteiger partial charge on any atom is 0.410 e. The molecule has 2 saturated heterocycles. The van der Waals surface area contributed by atoms with Crippen molar-refractivity contribution in [1.82, 2.24) is 14.7 Å². The highest BCUT2D eigenvalue weighted by atomic mass is 16.6. The molecule has 8 heteroatoms. The number of likely N-dealkylation sites (tertiary alicyclic amines) is 1. The van der Waals surface area contributed by atoms with Crippen molar-refractivity contribution in [3.63, 3.8) is 0 Å². The third kappa shape index (κ3) is 3.74. The number of rotatable bonds is 3. The summed E-state index contributed by atoms with van der Waals surface area (Å²) in [5.41, 5.74) is 0.851. The van der Waals surface area contributed by atoms with Gasteiger partial charge in [-0.2, -0.15) is 0 Å². The van der Waals surface area contributed by atoms with Crippen LogP contribution < -0.4 is 0 Å². The van der Waals surface area contributed by atoms with Crippen molar-refractivity contribution in [2.75, 3.05) is 26.2 Å². The molecule has 0 radical (unpaired) electrons. The van der Waals surface area contributed by atoms with E-state index in [1.54, 1.807) is 11.8 Å². The van der Waals surface area contributed by atoms with Gasteiger partial charge in [-0.25, -0.2) is 9.59 Å². The molecule has 0 spiro atoms. The summed E-state index contributed by atoms with van der Waals surface area (Å²) in [4.78, 5) is 41.0. The Bertz CT molecular complexity index is 677. The first-order chi connectivity index (χ1) is 12.5. The van der Waals surface area contributed by atoms with E-state index in [0.717, 1.165) is 12.0 Å². The molecule has 1 N–H and O–H groups in total. The van der Waals surface area contributed by atoms with Gasteiger partial charge in [0.15, 0.2) is 0 Å². The summed E-state index contributed by atoms with van der Waals surface area (Å²) in [5.74, 6) is -0.217. The number of hydrogen-bond donors (Lipinski definition) is 1. The van der Waals surface area contributed by atoms with E-state index in [4.69, 9.17) is 4.74 Å². The Hall–Kier alpha value is -2.77. The van der Waals surface area contributed by atoms with Gasteiger partial charge in [0.1, 0.15) is 12.6 Å². The highest BCUT2D eigenvalue weighted by Gasteiger charge is 2.43. The van der Waals surface area contributed by atoms with Crippen LogP contribution in [0.5, 0.6) is 0 Å². The number of nitrogens with zero attached hydrogens (tertiary/aromatic N) is 3. The van der Waals surface area contributed by atoms with Crippen LogP contribution in [-0.2, 0) is 16.1 Å². The summed E-state index contributed by atoms with van der Waals surface area (Å²) in [6.07, 6.45) is -0.753. The van der Waals surface area contributed by atoms with Crippen LogP contribution in [0.4, 0.5) is 9.59 Å². The van der Waals surface area contributed by atoms with Gasteiger partial charge in [0.2, 0.25) is 5.91 Å².